The predicted octanol–water partition coefficient (Wildman–Crippen LogP) is 0.929. The maximum absolute atomic E-state index is 13.4. The number of cyclic esters (lactones) is 2. The number of carbonyl (C=O) groups excluding carboxylic acids is 3. The van der Waals surface area contributed by atoms with Crippen molar-refractivity contribution in [3.63, 3.8) is 0 Å². The molecule has 144 valence electrons. The summed E-state index contributed by atoms with van der Waals surface area (Å²) in [7, 11) is 2.03. The molecule has 5 saturated carbocycles. The number of ether oxygens (including phenoxy) is 1. The first-order chi connectivity index (χ1) is 12.7. The van der Waals surface area contributed by atoms with Crippen LogP contribution in [0.5, 0.6) is 0 Å². The monoisotopic (exact) mass is 371 g/mol. The van der Waals surface area contributed by atoms with Gasteiger partial charge in [0.1, 0.15) is 5.78 Å². The number of aliphatic hydroxyl groups excluding tert-OH is 1. The van der Waals surface area contributed by atoms with Crippen LogP contribution in [-0.2, 0) is 19.1 Å². The zero-order chi connectivity index (χ0) is 19.1. The number of hydrogen-bond donors (Lipinski definition) is 1. The van der Waals surface area contributed by atoms with Crippen molar-refractivity contribution in [1.82, 2.24) is 4.90 Å². The number of likely N-dealkylation sites (tertiary alicyclic amines) is 1. The molecule has 0 unspecified atom stereocenters. The number of esters is 2. The Bertz CT molecular complexity index is 852. The molecule has 9 atom stereocenters. The number of rotatable bonds is 0. The van der Waals surface area contributed by atoms with Crippen molar-refractivity contribution in [2.24, 2.45) is 39.9 Å². The minimum atomic E-state index is -0.919. The molecule has 2 spiro atoms. The third-order valence-corrected chi connectivity index (χ3v) is 9.30. The van der Waals surface area contributed by atoms with E-state index >= 15 is 0 Å². The average molecular weight is 371 g/mol. The first kappa shape index (κ1) is 16.4. The Kier molecular flexibility index (Phi) is 2.67. The average Bonchev–Trinajstić information content (AvgIpc) is 2.66. The van der Waals surface area contributed by atoms with E-state index in [4.69, 9.17) is 4.74 Å². The van der Waals surface area contributed by atoms with E-state index in [-0.39, 0.29) is 29.6 Å². The summed E-state index contributed by atoms with van der Waals surface area (Å²) in [6, 6.07) is -0.144. The second-order valence-corrected chi connectivity index (χ2v) is 10.4. The maximum Gasteiger partial charge on any atom is 0.320 e. The highest BCUT2D eigenvalue weighted by Crippen LogP contribution is 2.79. The Morgan fingerprint density at radius 1 is 1.22 bits per heavy atom. The predicted molar refractivity (Wildman–Crippen MR) is 93.1 cm³/mol. The van der Waals surface area contributed by atoms with E-state index in [9.17, 15) is 19.5 Å². The van der Waals surface area contributed by atoms with Crippen molar-refractivity contribution < 1.29 is 24.2 Å². The standard InChI is InChI=1S/C21H25NO5/c1-9-5-20-12-4-11(9)14(24)13(20)16-21(12)7-10(23)6-19(2,8-22(16)3)15(21)17(25)27-18(20)26/h11-16,24H,1,4-8H2,2-3H3/t11-,12+,13+,14-,15+,16-,19-,20+,21-/m0/s1. The van der Waals surface area contributed by atoms with Gasteiger partial charge in [-0.05, 0) is 25.8 Å². The van der Waals surface area contributed by atoms with Crippen LogP contribution in [0.3, 0.4) is 0 Å². The molecule has 2 heterocycles. The lowest BCUT2D eigenvalue weighted by Gasteiger charge is -2.61. The molecule has 7 rings (SSSR count). The maximum atomic E-state index is 13.4. The van der Waals surface area contributed by atoms with Crippen molar-refractivity contribution in [2.75, 3.05) is 13.6 Å². The highest BCUT2D eigenvalue weighted by molar-refractivity contribution is 5.97. The molecule has 1 N–H and O–H groups in total. The summed E-state index contributed by atoms with van der Waals surface area (Å²) < 4.78 is 5.49. The van der Waals surface area contributed by atoms with Gasteiger partial charge in [-0.2, -0.15) is 0 Å². The quantitative estimate of drug-likeness (QED) is 0.387. The smallest absolute Gasteiger partial charge is 0.320 e. The number of Topliss-reactive ketones (excluding diaryl/α,β-unsaturated/α-hetero) is 1. The van der Waals surface area contributed by atoms with Crippen LogP contribution in [-0.4, -0.2) is 53.5 Å². The van der Waals surface area contributed by atoms with E-state index in [1.807, 2.05) is 14.0 Å². The van der Waals surface area contributed by atoms with Crippen LogP contribution in [0.4, 0.5) is 0 Å². The van der Waals surface area contributed by atoms with Gasteiger partial charge in [-0.15, -0.1) is 0 Å². The van der Waals surface area contributed by atoms with Gasteiger partial charge < -0.3 is 14.7 Å². The summed E-state index contributed by atoms with van der Waals surface area (Å²) in [5.74, 6) is -1.66. The van der Waals surface area contributed by atoms with Crippen LogP contribution >= 0.6 is 0 Å². The van der Waals surface area contributed by atoms with E-state index in [0.717, 1.165) is 5.57 Å². The van der Waals surface area contributed by atoms with Gasteiger partial charge in [-0.3, -0.25) is 14.4 Å². The SMILES string of the molecule is C=C1C[C@]23C(=O)OC(=O)[C@@H]4[C@@]5(C)CC(=O)C[C@@]46[C@H]([C@H]2[C@@H](O)[C@H]1C[C@H]36)N(C)C5. The summed E-state index contributed by atoms with van der Waals surface area (Å²) in [4.78, 5) is 41.7. The topological polar surface area (TPSA) is 83.9 Å². The van der Waals surface area contributed by atoms with Crippen molar-refractivity contribution in [3.05, 3.63) is 12.2 Å². The molecule has 6 nitrogen and oxygen atoms in total. The highest BCUT2D eigenvalue weighted by atomic mass is 16.6. The van der Waals surface area contributed by atoms with Crippen LogP contribution in [0.1, 0.15) is 32.6 Å². The Morgan fingerprint density at radius 2 is 1.96 bits per heavy atom. The van der Waals surface area contributed by atoms with Gasteiger partial charge >= 0.3 is 11.9 Å². The fourth-order valence-electron chi connectivity index (χ4n) is 9.16. The minimum Gasteiger partial charge on any atom is -0.392 e. The van der Waals surface area contributed by atoms with Crippen molar-refractivity contribution in [2.45, 2.75) is 44.8 Å². The zero-order valence-corrected chi connectivity index (χ0v) is 15.7. The Morgan fingerprint density at radius 3 is 2.70 bits per heavy atom. The van der Waals surface area contributed by atoms with E-state index < -0.39 is 40.2 Å². The van der Waals surface area contributed by atoms with Crippen molar-refractivity contribution in [3.8, 4) is 0 Å². The van der Waals surface area contributed by atoms with E-state index in [1.54, 1.807) is 0 Å². The lowest BCUT2D eigenvalue weighted by molar-refractivity contribution is -0.197. The number of fused-ring (bicyclic) bond motifs is 1. The first-order valence-corrected chi connectivity index (χ1v) is 10.0. The number of carbonyl (C=O) groups is 3. The molecule has 7 aliphatic rings. The van der Waals surface area contributed by atoms with Gasteiger partial charge in [-0.1, -0.05) is 19.1 Å². The summed E-state index contributed by atoms with van der Waals surface area (Å²) in [5.41, 5.74) is -1.17. The largest absolute Gasteiger partial charge is 0.392 e. The second-order valence-electron chi connectivity index (χ2n) is 10.4. The van der Waals surface area contributed by atoms with Crippen LogP contribution in [0.25, 0.3) is 0 Å². The minimum absolute atomic E-state index is 0.0554. The Labute approximate surface area is 157 Å². The molecule has 0 radical (unpaired) electrons. The van der Waals surface area contributed by atoms with Crippen LogP contribution in [0.2, 0.25) is 0 Å². The molecular formula is C21H25NO5. The Hall–Kier alpha value is -1.53. The zero-order valence-electron chi connectivity index (χ0n) is 15.7. The van der Waals surface area contributed by atoms with Gasteiger partial charge in [0.2, 0.25) is 0 Å². The van der Waals surface area contributed by atoms with E-state index in [1.165, 1.54) is 0 Å². The van der Waals surface area contributed by atoms with E-state index in [0.29, 0.717) is 32.2 Å². The van der Waals surface area contributed by atoms with Gasteiger partial charge in [0.05, 0.1) is 17.4 Å². The fraction of sp³-hybridized carbons (Fsp3) is 0.762. The second kappa shape index (κ2) is 4.38. The third kappa shape index (κ3) is 1.44. The molecule has 2 saturated heterocycles. The van der Waals surface area contributed by atoms with Crippen molar-refractivity contribution >= 4 is 17.7 Å². The number of piperidine rings is 1. The molecule has 0 aromatic rings. The van der Waals surface area contributed by atoms with Gasteiger partial charge in [0.15, 0.2) is 0 Å². The number of hydrogen-bond acceptors (Lipinski definition) is 6. The lowest BCUT2D eigenvalue weighted by Crippen LogP contribution is -2.69. The first-order valence-electron chi connectivity index (χ1n) is 10.0. The fourth-order valence-corrected chi connectivity index (χ4v) is 9.16. The summed E-state index contributed by atoms with van der Waals surface area (Å²) in [6.07, 6.45) is 1.10. The molecule has 6 bridgehead atoms. The van der Waals surface area contributed by atoms with Gasteiger partial charge in [-0.25, -0.2) is 0 Å². The molecule has 0 aromatic heterocycles. The van der Waals surface area contributed by atoms with Crippen molar-refractivity contribution in [1.29, 1.82) is 0 Å². The molecular weight excluding hydrogens is 346 g/mol. The van der Waals surface area contributed by atoms with Gasteiger partial charge in [0.25, 0.3) is 0 Å². The van der Waals surface area contributed by atoms with Crippen LogP contribution in [0.15, 0.2) is 12.2 Å². The number of nitrogens with zero attached hydrogens (tertiary/aromatic N) is 1. The molecule has 2 aliphatic heterocycles. The molecule has 5 aliphatic carbocycles. The Balaban J connectivity index is 1.71. The highest BCUT2D eigenvalue weighted by Gasteiger charge is 2.85. The van der Waals surface area contributed by atoms with Crippen LogP contribution < -0.4 is 0 Å². The number of aliphatic hydroxyl groups is 1. The van der Waals surface area contributed by atoms with E-state index in [2.05, 4.69) is 11.5 Å². The van der Waals surface area contributed by atoms with Crippen LogP contribution in [0, 0.1) is 39.9 Å². The normalized spacial score (nSPS) is 58.3. The molecule has 0 aromatic carbocycles. The summed E-state index contributed by atoms with van der Waals surface area (Å²) in [5, 5.41) is 11.3. The summed E-state index contributed by atoms with van der Waals surface area (Å²) in [6.45, 7) is 6.76. The number of ketones is 1. The molecule has 27 heavy (non-hydrogen) atoms. The molecule has 6 heteroatoms. The molecule has 0 amide bonds. The van der Waals surface area contributed by atoms with Gasteiger partial charge in [0, 0.05) is 48.1 Å². The summed E-state index contributed by atoms with van der Waals surface area (Å²) >= 11 is 0. The lowest BCUT2D eigenvalue weighted by atomic mass is 9.45. The molecule has 7 fully saturated rings. The third-order valence-electron chi connectivity index (χ3n) is 9.30.